The first-order valence-electron chi connectivity index (χ1n) is 4.38. The molecule has 3 heteroatoms. The summed E-state index contributed by atoms with van der Waals surface area (Å²) < 4.78 is 0. The Kier molecular flexibility index (Phi) is 2.47. The minimum absolute atomic E-state index is 0.147. The Morgan fingerprint density at radius 3 is 1.67 bits per heavy atom. The van der Waals surface area contributed by atoms with Gasteiger partial charge >= 0.3 is 0 Å². The van der Waals surface area contributed by atoms with Crippen molar-refractivity contribution in [2.45, 2.75) is 13.8 Å². The third-order valence-electron chi connectivity index (χ3n) is 3.39. The summed E-state index contributed by atoms with van der Waals surface area (Å²) in [7, 11) is 2.02. The van der Waals surface area contributed by atoms with Crippen molar-refractivity contribution in [2.75, 3.05) is 33.4 Å². The Labute approximate surface area is 74.0 Å². The molecular formula is C9H19NO2. The van der Waals surface area contributed by atoms with Crippen LogP contribution in [0.15, 0.2) is 0 Å². The minimum Gasteiger partial charge on any atom is -0.396 e. The van der Waals surface area contributed by atoms with E-state index in [2.05, 4.69) is 4.90 Å². The number of aliphatic hydroxyl groups is 2. The van der Waals surface area contributed by atoms with Crippen molar-refractivity contribution in [3.05, 3.63) is 0 Å². The van der Waals surface area contributed by atoms with Crippen molar-refractivity contribution in [3.63, 3.8) is 0 Å². The molecule has 2 unspecified atom stereocenters. The molecule has 12 heavy (non-hydrogen) atoms. The smallest absolute Gasteiger partial charge is 0.0503 e. The summed E-state index contributed by atoms with van der Waals surface area (Å²) >= 11 is 0. The first kappa shape index (κ1) is 9.96. The maximum absolute atomic E-state index is 9.27. The van der Waals surface area contributed by atoms with Crippen LogP contribution in [0.1, 0.15) is 13.8 Å². The highest BCUT2D eigenvalue weighted by Gasteiger charge is 2.50. The number of aliphatic hydroxyl groups excluding tert-OH is 2. The molecule has 0 aromatic rings. The van der Waals surface area contributed by atoms with Gasteiger partial charge < -0.3 is 15.1 Å². The van der Waals surface area contributed by atoms with Gasteiger partial charge in [-0.15, -0.1) is 0 Å². The molecular weight excluding hydrogens is 154 g/mol. The molecule has 1 rings (SSSR count). The Morgan fingerprint density at radius 1 is 1.08 bits per heavy atom. The molecule has 1 heterocycles. The predicted octanol–water partition coefficient (Wildman–Crippen LogP) is -0.0710. The molecule has 1 aliphatic rings. The molecule has 3 nitrogen and oxygen atoms in total. The van der Waals surface area contributed by atoms with Crippen LogP contribution >= 0.6 is 0 Å². The number of rotatable bonds is 2. The molecule has 0 saturated carbocycles. The van der Waals surface area contributed by atoms with Crippen LogP contribution in [-0.2, 0) is 0 Å². The largest absolute Gasteiger partial charge is 0.396 e. The van der Waals surface area contributed by atoms with Gasteiger partial charge in [0.1, 0.15) is 0 Å². The van der Waals surface area contributed by atoms with Crippen LogP contribution in [0.3, 0.4) is 0 Å². The molecule has 0 aliphatic carbocycles. The zero-order valence-corrected chi connectivity index (χ0v) is 8.17. The Hall–Kier alpha value is -0.120. The van der Waals surface area contributed by atoms with Gasteiger partial charge in [-0.2, -0.15) is 0 Å². The summed E-state index contributed by atoms with van der Waals surface area (Å²) in [6.45, 7) is 6.09. The molecule has 1 saturated heterocycles. The molecule has 0 radical (unpaired) electrons. The lowest BCUT2D eigenvalue weighted by Gasteiger charge is -2.36. The van der Waals surface area contributed by atoms with Crippen LogP contribution in [0, 0.1) is 10.8 Å². The van der Waals surface area contributed by atoms with Crippen LogP contribution in [-0.4, -0.2) is 48.5 Å². The fraction of sp³-hybridized carbons (Fsp3) is 1.00. The predicted molar refractivity (Wildman–Crippen MR) is 47.9 cm³/mol. The standard InChI is InChI=1S/C9H19NO2/c1-8(6-11)4-10(3)5-9(8,2)7-12/h11-12H,4-7H2,1-3H3. The third-order valence-corrected chi connectivity index (χ3v) is 3.39. The van der Waals surface area contributed by atoms with E-state index in [4.69, 9.17) is 0 Å². The summed E-state index contributed by atoms with van der Waals surface area (Å²) in [5.74, 6) is 0. The van der Waals surface area contributed by atoms with Crippen molar-refractivity contribution in [1.82, 2.24) is 4.90 Å². The van der Waals surface area contributed by atoms with Gasteiger partial charge in [-0.3, -0.25) is 0 Å². The van der Waals surface area contributed by atoms with Crippen LogP contribution in [0.25, 0.3) is 0 Å². The molecule has 1 fully saturated rings. The lowest BCUT2D eigenvalue weighted by molar-refractivity contribution is 0.00976. The first-order valence-corrected chi connectivity index (χ1v) is 4.38. The Bertz CT molecular complexity index is 156. The van der Waals surface area contributed by atoms with Crippen molar-refractivity contribution in [2.24, 2.45) is 10.8 Å². The van der Waals surface area contributed by atoms with Crippen molar-refractivity contribution in [3.8, 4) is 0 Å². The summed E-state index contributed by atoms with van der Waals surface area (Å²) in [6.07, 6.45) is 0. The molecule has 0 aromatic heterocycles. The molecule has 1 aliphatic heterocycles. The topological polar surface area (TPSA) is 43.7 Å². The van der Waals surface area contributed by atoms with Crippen LogP contribution in [0.2, 0.25) is 0 Å². The number of hydrogen-bond donors (Lipinski definition) is 2. The van der Waals surface area contributed by atoms with Crippen LogP contribution in [0.5, 0.6) is 0 Å². The lowest BCUT2D eigenvalue weighted by atomic mass is 9.69. The van der Waals surface area contributed by atoms with Gasteiger partial charge in [0, 0.05) is 23.9 Å². The van der Waals surface area contributed by atoms with Crippen LogP contribution < -0.4 is 0 Å². The zero-order chi connectivity index (χ0) is 9.41. The van der Waals surface area contributed by atoms with Gasteiger partial charge in [0.25, 0.3) is 0 Å². The van der Waals surface area contributed by atoms with Gasteiger partial charge in [0.15, 0.2) is 0 Å². The fourth-order valence-electron chi connectivity index (χ4n) is 2.11. The molecule has 2 atom stereocenters. The fourth-order valence-corrected chi connectivity index (χ4v) is 2.11. The van der Waals surface area contributed by atoms with Crippen molar-refractivity contribution in [1.29, 1.82) is 0 Å². The van der Waals surface area contributed by atoms with Gasteiger partial charge in [0.2, 0.25) is 0 Å². The lowest BCUT2D eigenvalue weighted by Crippen LogP contribution is -2.41. The molecule has 0 bridgehead atoms. The second-order valence-corrected chi connectivity index (χ2v) is 4.61. The average Bonchev–Trinajstić information content (AvgIpc) is 2.25. The quantitative estimate of drug-likeness (QED) is 0.614. The van der Waals surface area contributed by atoms with E-state index in [1.807, 2.05) is 20.9 Å². The normalized spacial score (nSPS) is 43.8. The highest BCUT2D eigenvalue weighted by Crippen LogP contribution is 2.44. The monoisotopic (exact) mass is 173 g/mol. The third kappa shape index (κ3) is 1.26. The van der Waals surface area contributed by atoms with Crippen molar-refractivity contribution >= 4 is 0 Å². The highest BCUT2D eigenvalue weighted by molar-refractivity contribution is 5.00. The average molecular weight is 173 g/mol. The van der Waals surface area contributed by atoms with Gasteiger partial charge in [-0.1, -0.05) is 13.8 Å². The van der Waals surface area contributed by atoms with Gasteiger partial charge in [0.05, 0.1) is 13.2 Å². The zero-order valence-electron chi connectivity index (χ0n) is 8.17. The molecule has 2 N–H and O–H groups in total. The van der Waals surface area contributed by atoms with Gasteiger partial charge in [-0.05, 0) is 7.05 Å². The van der Waals surface area contributed by atoms with E-state index < -0.39 is 0 Å². The summed E-state index contributed by atoms with van der Waals surface area (Å²) in [6, 6.07) is 0. The summed E-state index contributed by atoms with van der Waals surface area (Å²) in [5.41, 5.74) is -0.312. The summed E-state index contributed by atoms with van der Waals surface area (Å²) in [5, 5.41) is 18.5. The Balaban J connectivity index is 2.85. The van der Waals surface area contributed by atoms with E-state index in [1.165, 1.54) is 0 Å². The molecule has 72 valence electrons. The molecule has 0 spiro atoms. The first-order chi connectivity index (χ1) is 5.47. The van der Waals surface area contributed by atoms with Crippen molar-refractivity contribution < 1.29 is 10.2 Å². The Morgan fingerprint density at radius 2 is 1.42 bits per heavy atom. The second-order valence-electron chi connectivity index (χ2n) is 4.61. The SMILES string of the molecule is CN1CC(C)(CO)C(C)(CO)C1. The van der Waals surface area contributed by atoms with E-state index in [0.717, 1.165) is 13.1 Å². The van der Waals surface area contributed by atoms with E-state index in [1.54, 1.807) is 0 Å². The van der Waals surface area contributed by atoms with E-state index in [0.29, 0.717) is 0 Å². The summed E-state index contributed by atoms with van der Waals surface area (Å²) in [4.78, 5) is 2.16. The molecule has 0 aromatic carbocycles. The number of hydrogen-bond acceptors (Lipinski definition) is 3. The maximum atomic E-state index is 9.27. The van der Waals surface area contributed by atoms with E-state index in [-0.39, 0.29) is 24.0 Å². The highest BCUT2D eigenvalue weighted by atomic mass is 16.3. The molecule has 0 amide bonds. The maximum Gasteiger partial charge on any atom is 0.0503 e. The van der Waals surface area contributed by atoms with Gasteiger partial charge in [-0.25, -0.2) is 0 Å². The number of nitrogens with zero attached hydrogens (tertiary/aromatic N) is 1. The van der Waals surface area contributed by atoms with E-state index in [9.17, 15) is 10.2 Å². The second kappa shape index (κ2) is 2.98. The van der Waals surface area contributed by atoms with Crippen LogP contribution in [0.4, 0.5) is 0 Å². The number of likely N-dealkylation sites (tertiary alicyclic amines) is 1. The van der Waals surface area contributed by atoms with E-state index >= 15 is 0 Å². The minimum atomic E-state index is -0.156.